The number of carbonyl (C=O) groups excluding carboxylic acids is 1. The summed E-state index contributed by atoms with van der Waals surface area (Å²) in [4.78, 5) is 13.5. The zero-order chi connectivity index (χ0) is 13.8. The van der Waals surface area contributed by atoms with Crippen LogP contribution >= 0.6 is 0 Å². The highest BCUT2D eigenvalue weighted by Crippen LogP contribution is 2.13. The summed E-state index contributed by atoms with van der Waals surface area (Å²) in [6.45, 7) is 8.08. The molecular weight excluding hydrogens is 236 g/mol. The van der Waals surface area contributed by atoms with Crippen LogP contribution in [-0.4, -0.2) is 25.0 Å². The van der Waals surface area contributed by atoms with Crippen LogP contribution < -0.4 is 10.2 Å². The van der Waals surface area contributed by atoms with Crippen molar-refractivity contribution < 1.29 is 9.69 Å². The summed E-state index contributed by atoms with van der Waals surface area (Å²) in [6, 6.07) is 6.78. The molecule has 1 amide bonds. The van der Waals surface area contributed by atoms with Crippen molar-refractivity contribution in [3.8, 4) is 0 Å². The summed E-state index contributed by atoms with van der Waals surface area (Å²) in [5, 5.41) is 3.03. The Bertz CT molecular complexity index is 436. The molecule has 1 heterocycles. The van der Waals surface area contributed by atoms with Crippen molar-refractivity contribution in [1.29, 1.82) is 0 Å². The number of piperidine rings is 1. The molecule has 1 unspecified atom stereocenters. The van der Waals surface area contributed by atoms with Gasteiger partial charge < -0.3 is 10.2 Å². The van der Waals surface area contributed by atoms with Gasteiger partial charge in [-0.3, -0.25) is 4.79 Å². The van der Waals surface area contributed by atoms with E-state index in [-0.39, 0.29) is 5.91 Å². The highest BCUT2D eigenvalue weighted by atomic mass is 16.2. The number of hydrogen-bond acceptors (Lipinski definition) is 1. The molecule has 3 heteroatoms. The van der Waals surface area contributed by atoms with Gasteiger partial charge in [-0.15, -0.1) is 0 Å². The molecule has 0 bridgehead atoms. The normalized spacial score (nSPS) is 23.1. The van der Waals surface area contributed by atoms with E-state index in [9.17, 15) is 4.79 Å². The Kier molecular flexibility index (Phi) is 4.59. The minimum Gasteiger partial charge on any atom is -0.325 e. The van der Waals surface area contributed by atoms with Gasteiger partial charge in [-0.1, -0.05) is 6.07 Å². The zero-order valence-electron chi connectivity index (χ0n) is 12.3. The predicted octanol–water partition coefficient (Wildman–Crippen LogP) is 1.70. The summed E-state index contributed by atoms with van der Waals surface area (Å²) in [5.41, 5.74) is 3.30. The number of anilines is 1. The third-order valence-electron chi connectivity index (χ3n) is 3.98. The molecule has 3 nitrogen and oxygen atoms in total. The summed E-state index contributed by atoms with van der Waals surface area (Å²) in [5.74, 6) is 0.133. The molecule has 2 N–H and O–H groups in total. The van der Waals surface area contributed by atoms with Crippen LogP contribution in [0, 0.1) is 13.8 Å². The van der Waals surface area contributed by atoms with Crippen LogP contribution in [0.2, 0.25) is 0 Å². The van der Waals surface area contributed by atoms with Crippen LogP contribution in [0.4, 0.5) is 5.69 Å². The average molecular weight is 261 g/mol. The van der Waals surface area contributed by atoms with Crippen molar-refractivity contribution in [3.63, 3.8) is 0 Å². The van der Waals surface area contributed by atoms with Gasteiger partial charge in [0, 0.05) is 5.69 Å². The van der Waals surface area contributed by atoms with Gasteiger partial charge in [-0.05, 0) is 63.3 Å². The first-order valence-corrected chi connectivity index (χ1v) is 7.27. The van der Waals surface area contributed by atoms with E-state index in [1.807, 2.05) is 12.1 Å². The van der Waals surface area contributed by atoms with Crippen molar-refractivity contribution in [2.75, 3.05) is 18.4 Å². The number of quaternary nitrogens is 1. The highest BCUT2D eigenvalue weighted by molar-refractivity contribution is 5.91. The van der Waals surface area contributed by atoms with E-state index in [1.165, 1.54) is 35.3 Å². The van der Waals surface area contributed by atoms with Gasteiger partial charge in [-0.25, -0.2) is 0 Å². The Morgan fingerprint density at radius 3 is 2.58 bits per heavy atom. The van der Waals surface area contributed by atoms with Crippen molar-refractivity contribution in [2.45, 2.75) is 46.1 Å². The summed E-state index contributed by atoms with van der Waals surface area (Å²) in [6.07, 6.45) is 3.80. The molecule has 0 aromatic heterocycles. The molecule has 1 fully saturated rings. The monoisotopic (exact) mass is 261 g/mol. The number of hydrogen-bond donors (Lipinski definition) is 2. The first-order valence-electron chi connectivity index (χ1n) is 7.27. The summed E-state index contributed by atoms with van der Waals surface area (Å²) >= 11 is 0. The highest BCUT2D eigenvalue weighted by Gasteiger charge is 2.24. The molecule has 2 atom stereocenters. The standard InChI is InChI=1S/C16H24N2O/c1-12-8-13(2)10-15(9-12)17-16(19)11-18-7-5-4-6-14(18)3/h8-10,14H,4-7,11H2,1-3H3,(H,17,19)/p+1/t14-/m1/s1. The van der Waals surface area contributed by atoms with Gasteiger partial charge in [0.15, 0.2) is 6.54 Å². The van der Waals surface area contributed by atoms with Crippen LogP contribution in [0.15, 0.2) is 18.2 Å². The molecule has 1 aromatic rings. The Morgan fingerprint density at radius 2 is 1.95 bits per heavy atom. The van der Waals surface area contributed by atoms with E-state index in [4.69, 9.17) is 0 Å². The number of likely N-dealkylation sites (tertiary alicyclic amines) is 1. The quantitative estimate of drug-likeness (QED) is 0.853. The molecule has 0 spiro atoms. The number of amides is 1. The summed E-state index contributed by atoms with van der Waals surface area (Å²) < 4.78 is 0. The maximum atomic E-state index is 12.1. The lowest BCUT2D eigenvalue weighted by molar-refractivity contribution is -0.920. The molecule has 19 heavy (non-hydrogen) atoms. The SMILES string of the molecule is Cc1cc(C)cc(NC(=O)C[NH+]2CCCC[C@H]2C)c1. The smallest absolute Gasteiger partial charge is 0.279 e. The van der Waals surface area contributed by atoms with Gasteiger partial charge in [-0.2, -0.15) is 0 Å². The first-order chi connectivity index (χ1) is 9.04. The minimum absolute atomic E-state index is 0.133. The Balaban J connectivity index is 1.93. The Labute approximate surface area is 116 Å². The van der Waals surface area contributed by atoms with Crippen molar-refractivity contribution in [3.05, 3.63) is 29.3 Å². The third-order valence-corrected chi connectivity index (χ3v) is 3.98. The molecule has 1 saturated heterocycles. The van der Waals surface area contributed by atoms with Crippen LogP contribution in [0.3, 0.4) is 0 Å². The fourth-order valence-electron chi connectivity index (χ4n) is 2.97. The van der Waals surface area contributed by atoms with Crippen molar-refractivity contribution in [1.82, 2.24) is 0 Å². The van der Waals surface area contributed by atoms with Gasteiger partial charge in [0.05, 0.1) is 12.6 Å². The zero-order valence-corrected chi connectivity index (χ0v) is 12.3. The summed E-state index contributed by atoms with van der Waals surface area (Å²) in [7, 11) is 0. The molecular formula is C16H25N2O+. The van der Waals surface area contributed by atoms with Gasteiger partial charge in [0.25, 0.3) is 5.91 Å². The first kappa shape index (κ1) is 14.1. The number of benzene rings is 1. The van der Waals surface area contributed by atoms with Gasteiger partial charge in [0.2, 0.25) is 0 Å². The van der Waals surface area contributed by atoms with E-state index >= 15 is 0 Å². The molecule has 104 valence electrons. The maximum absolute atomic E-state index is 12.1. The average Bonchev–Trinajstić information content (AvgIpc) is 2.30. The van der Waals surface area contributed by atoms with Gasteiger partial charge >= 0.3 is 0 Å². The molecule has 0 saturated carbocycles. The van der Waals surface area contributed by atoms with Crippen LogP contribution in [-0.2, 0) is 4.79 Å². The second kappa shape index (κ2) is 6.20. The van der Waals surface area contributed by atoms with E-state index in [0.717, 1.165) is 12.2 Å². The second-order valence-electron chi connectivity index (χ2n) is 5.91. The number of nitrogens with one attached hydrogen (secondary N) is 2. The number of aryl methyl sites for hydroxylation is 2. The van der Waals surface area contributed by atoms with Gasteiger partial charge in [0.1, 0.15) is 0 Å². The fourth-order valence-corrected chi connectivity index (χ4v) is 2.97. The van der Waals surface area contributed by atoms with E-state index in [2.05, 4.69) is 32.2 Å². The second-order valence-corrected chi connectivity index (χ2v) is 5.91. The third kappa shape index (κ3) is 4.06. The molecule has 1 aromatic carbocycles. The topological polar surface area (TPSA) is 33.5 Å². The molecule has 0 aliphatic carbocycles. The van der Waals surface area contributed by atoms with E-state index in [0.29, 0.717) is 12.6 Å². The maximum Gasteiger partial charge on any atom is 0.279 e. The van der Waals surface area contributed by atoms with E-state index in [1.54, 1.807) is 0 Å². The van der Waals surface area contributed by atoms with Crippen LogP contribution in [0.5, 0.6) is 0 Å². The van der Waals surface area contributed by atoms with Crippen molar-refractivity contribution in [2.24, 2.45) is 0 Å². The van der Waals surface area contributed by atoms with Crippen molar-refractivity contribution >= 4 is 11.6 Å². The lowest BCUT2D eigenvalue weighted by atomic mass is 10.0. The number of rotatable bonds is 3. The van der Waals surface area contributed by atoms with Crippen LogP contribution in [0.1, 0.15) is 37.3 Å². The minimum atomic E-state index is 0.133. The fraction of sp³-hybridized carbons (Fsp3) is 0.562. The Hall–Kier alpha value is -1.35. The number of carbonyl (C=O) groups is 1. The molecule has 1 aliphatic rings. The molecule has 2 rings (SSSR count). The largest absolute Gasteiger partial charge is 0.325 e. The predicted molar refractivity (Wildman–Crippen MR) is 78.6 cm³/mol. The lowest BCUT2D eigenvalue weighted by Crippen LogP contribution is -3.17. The molecule has 0 radical (unpaired) electrons. The molecule has 1 aliphatic heterocycles. The lowest BCUT2D eigenvalue weighted by Gasteiger charge is -2.29. The Morgan fingerprint density at radius 1 is 1.26 bits per heavy atom. The van der Waals surface area contributed by atoms with Crippen LogP contribution in [0.25, 0.3) is 0 Å². The van der Waals surface area contributed by atoms with E-state index < -0.39 is 0 Å².